The largest absolute Gasteiger partial charge is 0.193 e. The van der Waals surface area contributed by atoms with Crippen LogP contribution in [0, 0.1) is 34.5 Å². The van der Waals surface area contributed by atoms with E-state index in [1.54, 1.807) is 0 Å². The molecule has 3 aromatic carbocycles. The van der Waals surface area contributed by atoms with E-state index >= 15 is 0 Å². The Kier molecular flexibility index (Phi) is 7.36. The van der Waals surface area contributed by atoms with Crippen LogP contribution in [-0.4, -0.2) is 0 Å². The molecule has 3 aromatic rings. The Morgan fingerprint density at radius 2 is 1.61 bits per heavy atom. The van der Waals surface area contributed by atoms with Gasteiger partial charge in [-0.2, -0.15) is 10.5 Å². The fourth-order valence-corrected chi connectivity index (χ4v) is 8.23. The van der Waals surface area contributed by atoms with Crippen molar-refractivity contribution in [3.8, 4) is 12.1 Å². The number of fused-ring (bicyclic) bond motifs is 4. The molecule has 2 heteroatoms. The maximum atomic E-state index is 9.45. The summed E-state index contributed by atoms with van der Waals surface area (Å²) < 4.78 is 0. The van der Waals surface area contributed by atoms with Crippen LogP contribution >= 0.6 is 0 Å². The maximum absolute atomic E-state index is 9.45. The van der Waals surface area contributed by atoms with E-state index in [2.05, 4.69) is 103 Å². The van der Waals surface area contributed by atoms with Gasteiger partial charge in [0.2, 0.25) is 0 Å². The van der Waals surface area contributed by atoms with Gasteiger partial charge in [0, 0.05) is 17.4 Å². The molecule has 2 atom stereocenters. The van der Waals surface area contributed by atoms with Gasteiger partial charge in [0.1, 0.15) is 0 Å². The Morgan fingerprint density at radius 3 is 2.41 bits per heavy atom. The number of rotatable bonds is 4. The lowest BCUT2D eigenvalue weighted by Crippen LogP contribution is -2.20. The van der Waals surface area contributed by atoms with E-state index < -0.39 is 0 Å². The minimum absolute atomic E-state index is 0.354. The molecular weight excluding hydrogens is 556 g/mol. The summed E-state index contributed by atoms with van der Waals surface area (Å²) in [4.78, 5) is 0. The smallest absolute Gasteiger partial charge is 0.0991 e. The zero-order chi connectivity index (χ0) is 31.0. The van der Waals surface area contributed by atoms with Crippen LogP contribution in [0.2, 0.25) is 0 Å². The molecule has 0 bridgehead atoms. The van der Waals surface area contributed by atoms with Crippen LogP contribution < -0.4 is 0 Å². The lowest BCUT2D eigenvalue weighted by Gasteiger charge is -2.35. The van der Waals surface area contributed by atoms with Gasteiger partial charge in [-0.15, -0.1) is 0 Å². The minimum atomic E-state index is 0.354. The molecule has 5 aliphatic rings. The van der Waals surface area contributed by atoms with Crippen molar-refractivity contribution in [1.82, 2.24) is 0 Å². The highest BCUT2D eigenvalue weighted by atomic mass is 14.4. The van der Waals surface area contributed by atoms with Gasteiger partial charge < -0.3 is 0 Å². The van der Waals surface area contributed by atoms with E-state index in [4.69, 9.17) is 0 Å². The summed E-state index contributed by atoms with van der Waals surface area (Å²) in [5, 5.41) is 21.6. The zero-order valence-electron chi connectivity index (χ0n) is 26.1. The number of hydrogen-bond donors (Lipinski definition) is 0. The number of benzene rings is 3. The molecule has 2 unspecified atom stereocenters. The van der Waals surface area contributed by atoms with E-state index in [9.17, 15) is 10.5 Å². The molecule has 0 spiro atoms. The van der Waals surface area contributed by atoms with Gasteiger partial charge in [0.05, 0.1) is 17.7 Å². The Balaban J connectivity index is 1.17. The number of hydrogen-bond acceptors (Lipinski definition) is 2. The highest BCUT2D eigenvalue weighted by Crippen LogP contribution is 2.48. The van der Waals surface area contributed by atoms with Crippen LogP contribution in [0.3, 0.4) is 0 Å². The van der Waals surface area contributed by atoms with Crippen molar-refractivity contribution in [3.63, 3.8) is 0 Å². The van der Waals surface area contributed by atoms with Crippen LogP contribution in [0.25, 0.3) is 27.5 Å². The minimum Gasteiger partial charge on any atom is -0.193 e. The third-order valence-corrected chi connectivity index (χ3v) is 10.5. The summed E-state index contributed by atoms with van der Waals surface area (Å²) >= 11 is 0. The normalized spacial score (nSPS) is 22.0. The van der Waals surface area contributed by atoms with Crippen molar-refractivity contribution in [2.24, 2.45) is 11.8 Å². The van der Waals surface area contributed by atoms with E-state index in [0.29, 0.717) is 17.4 Å². The standard InChI is InChI=1S/C44H36N2/c45-27-29-7-5-9-35(23-29)31-15-19-33(20-16-31)42-25-37-26-43(34-21-17-32(18-22-34)36-10-6-8-30(24-36)28-46)39-12-2-4-14-41(39)44(37)40-13-3-1-11-38(40)42/h1-3,5,7,9-13,15,17,19,21-25,32,43H,4,6,8,14,16,18,20,26H2. The van der Waals surface area contributed by atoms with Gasteiger partial charge in [0.25, 0.3) is 0 Å². The highest BCUT2D eigenvalue weighted by Gasteiger charge is 2.32. The first-order valence-electron chi connectivity index (χ1n) is 16.7. The SMILES string of the molecule is N#CC1=CC(C2C=CC(C3Cc4cc(C5=CC=C(c6cccc(C#N)c6)CC5)c5ccccc5c4C4=C3C=CCC4)=CC2)=CCC1. The van der Waals surface area contributed by atoms with E-state index in [1.807, 2.05) is 18.2 Å². The van der Waals surface area contributed by atoms with Crippen molar-refractivity contribution < 1.29 is 0 Å². The lowest BCUT2D eigenvalue weighted by atomic mass is 9.69. The predicted octanol–water partition coefficient (Wildman–Crippen LogP) is 10.9. The second-order valence-electron chi connectivity index (χ2n) is 13.1. The zero-order valence-corrected chi connectivity index (χ0v) is 26.1. The van der Waals surface area contributed by atoms with Gasteiger partial charge in [-0.05, 0) is 136 Å². The van der Waals surface area contributed by atoms with Crippen molar-refractivity contribution in [1.29, 1.82) is 10.5 Å². The molecule has 0 saturated carbocycles. The molecule has 0 radical (unpaired) electrons. The van der Waals surface area contributed by atoms with Crippen LogP contribution in [-0.2, 0) is 6.42 Å². The number of nitrogens with zero attached hydrogens (tertiary/aromatic N) is 2. The predicted molar refractivity (Wildman–Crippen MR) is 189 cm³/mol. The van der Waals surface area contributed by atoms with Gasteiger partial charge in [-0.3, -0.25) is 0 Å². The average molecular weight is 593 g/mol. The third kappa shape index (κ3) is 5.05. The summed E-state index contributed by atoms with van der Waals surface area (Å²) in [6.07, 6.45) is 29.0. The number of allylic oxidation sites excluding steroid dienone is 16. The fraction of sp³-hybridized carbons (Fsp3) is 0.227. The molecule has 0 saturated heterocycles. The lowest BCUT2D eigenvalue weighted by molar-refractivity contribution is 0.685. The van der Waals surface area contributed by atoms with Crippen LogP contribution in [0.4, 0.5) is 0 Å². The first-order valence-corrected chi connectivity index (χ1v) is 16.7. The van der Waals surface area contributed by atoms with E-state index in [0.717, 1.165) is 62.5 Å². The fourth-order valence-electron chi connectivity index (χ4n) is 8.23. The third-order valence-electron chi connectivity index (χ3n) is 10.5. The van der Waals surface area contributed by atoms with Crippen LogP contribution in [0.5, 0.6) is 0 Å². The van der Waals surface area contributed by atoms with Crippen molar-refractivity contribution in [3.05, 3.63) is 159 Å². The quantitative estimate of drug-likeness (QED) is 0.303. The molecule has 46 heavy (non-hydrogen) atoms. The van der Waals surface area contributed by atoms with E-state index in [-0.39, 0.29) is 0 Å². The topological polar surface area (TPSA) is 47.6 Å². The highest BCUT2D eigenvalue weighted by molar-refractivity contribution is 6.03. The van der Waals surface area contributed by atoms with Gasteiger partial charge in [-0.25, -0.2) is 0 Å². The van der Waals surface area contributed by atoms with Crippen molar-refractivity contribution in [2.75, 3.05) is 0 Å². The summed E-state index contributed by atoms with van der Waals surface area (Å²) in [6.45, 7) is 0. The molecule has 0 fully saturated rings. The van der Waals surface area contributed by atoms with Gasteiger partial charge in [0.15, 0.2) is 0 Å². The van der Waals surface area contributed by atoms with Gasteiger partial charge >= 0.3 is 0 Å². The molecule has 8 rings (SSSR count). The monoisotopic (exact) mass is 592 g/mol. The summed E-state index contributed by atoms with van der Waals surface area (Å²) in [5.74, 6) is 0.711. The molecule has 0 heterocycles. The van der Waals surface area contributed by atoms with Crippen LogP contribution in [0.15, 0.2) is 132 Å². The first kappa shape index (κ1) is 28.3. The van der Waals surface area contributed by atoms with Gasteiger partial charge in [-0.1, -0.05) is 91.1 Å². The molecule has 0 aromatic heterocycles. The Morgan fingerprint density at radius 1 is 0.739 bits per heavy atom. The molecule has 0 N–H and O–H groups in total. The molecule has 0 amide bonds. The molecule has 0 aliphatic heterocycles. The summed E-state index contributed by atoms with van der Waals surface area (Å²) in [6, 6.07) is 24.2. The molecule has 5 aliphatic carbocycles. The molecule has 222 valence electrons. The second-order valence-corrected chi connectivity index (χ2v) is 13.1. The maximum Gasteiger partial charge on any atom is 0.0991 e. The summed E-state index contributed by atoms with van der Waals surface area (Å²) in [5.41, 5.74) is 15.5. The molecule has 2 nitrogen and oxygen atoms in total. The average Bonchev–Trinajstić information content (AvgIpc) is 3.14. The Hall–Kier alpha value is -5.18. The number of nitriles is 2. The Labute approximate surface area is 272 Å². The molecular formula is C44H36N2. The van der Waals surface area contributed by atoms with Crippen molar-refractivity contribution in [2.45, 2.75) is 51.4 Å². The Bertz CT molecular complexity index is 2120. The van der Waals surface area contributed by atoms with Crippen LogP contribution in [0.1, 0.15) is 72.8 Å². The second kappa shape index (κ2) is 12.0. The van der Waals surface area contributed by atoms with E-state index in [1.165, 1.54) is 60.9 Å². The van der Waals surface area contributed by atoms with Crippen molar-refractivity contribution >= 4 is 27.5 Å². The first-order chi connectivity index (χ1) is 22.7. The summed E-state index contributed by atoms with van der Waals surface area (Å²) in [7, 11) is 0.